The first-order chi connectivity index (χ1) is 21.0. The molecule has 5 heterocycles. The molecule has 0 spiro atoms. The third-order valence-electron chi connectivity index (χ3n) is 7.47. The first-order valence-electron chi connectivity index (χ1n) is 13.9. The van der Waals surface area contributed by atoms with Crippen molar-refractivity contribution >= 4 is 44.4 Å². The molecule has 3 N–H and O–H groups in total. The first-order valence-corrected chi connectivity index (χ1v) is 13.9. The van der Waals surface area contributed by atoms with E-state index in [0.717, 1.165) is 44.1 Å². The lowest BCUT2D eigenvalue weighted by Gasteiger charge is -2.18. The summed E-state index contributed by atoms with van der Waals surface area (Å²) >= 11 is 0. The lowest BCUT2D eigenvalue weighted by Crippen LogP contribution is -2.34. The van der Waals surface area contributed by atoms with Crippen LogP contribution in [0.25, 0.3) is 44.4 Å². The first kappa shape index (κ1) is 26.1. The molecule has 0 aliphatic rings. The summed E-state index contributed by atoms with van der Waals surface area (Å²) in [6.07, 6.45) is 6.60. The summed E-state index contributed by atoms with van der Waals surface area (Å²) in [6, 6.07) is 22.8. The van der Waals surface area contributed by atoms with E-state index in [4.69, 9.17) is 4.42 Å². The largest absolute Gasteiger partial charge is 0.456 e. The van der Waals surface area contributed by atoms with Gasteiger partial charge in [-0.2, -0.15) is 0 Å². The fraction of sp³-hybridized carbons (Fsp3) is 0.121. The van der Waals surface area contributed by atoms with E-state index < -0.39 is 0 Å². The van der Waals surface area contributed by atoms with Crippen molar-refractivity contribution in [3.05, 3.63) is 119 Å². The molecule has 5 aromatic heterocycles. The molecule has 0 radical (unpaired) electrons. The standard InChI is InChI=1S/C33H27N7O3/c1-20(21-9-10-30-25(15-21)24-6-2-3-8-29(24)43-30)38-28-18-37-32(27-7-4-5-12-35-27)40(33(28)42)19-31(41)36-17-23-14-22-16-34-13-11-26(22)39-23/h2-16,18,20,38-39H,17,19H2,1H3,(H,36,41)/t20-/m0/s1. The maximum atomic E-state index is 13.8. The van der Waals surface area contributed by atoms with Crippen LogP contribution in [-0.2, 0) is 17.9 Å². The van der Waals surface area contributed by atoms with Crippen molar-refractivity contribution in [2.45, 2.75) is 26.1 Å². The van der Waals surface area contributed by atoms with Crippen LogP contribution in [0.15, 0.2) is 107 Å². The summed E-state index contributed by atoms with van der Waals surface area (Å²) in [6.45, 7) is 2.02. The van der Waals surface area contributed by atoms with Crippen LogP contribution in [0.5, 0.6) is 0 Å². The van der Waals surface area contributed by atoms with Crippen molar-refractivity contribution in [1.82, 2.24) is 29.8 Å². The fourth-order valence-electron chi connectivity index (χ4n) is 5.29. The predicted molar refractivity (Wildman–Crippen MR) is 165 cm³/mol. The third-order valence-corrected chi connectivity index (χ3v) is 7.47. The quantitative estimate of drug-likeness (QED) is 0.218. The molecule has 212 valence electrons. The Hall–Kier alpha value is -5.77. The second kappa shape index (κ2) is 10.9. The van der Waals surface area contributed by atoms with Crippen molar-refractivity contribution in [2.75, 3.05) is 5.32 Å². The maximum absolute atomic E-state index is 13.8. The smallest absolute Gasteiger partial charge is 0.277 e. The predicted octanol–water partition coefficient (Wildman–Crippen LogP) is 5.57. The number of pyridine rings is 2. The Balaban J connectivity index is 1.16. The second-order valence-corrected chi connectivity index (χ2v) is 10.4. The summed E-state index contributed by atoms with van der Waals surface area (Å²) in [4.78, 5) is 43.3. The Bertz CT molecular complexity index is 2130. The highest BCUT2D eigenvalue weighted by Gasteiger charge is 2.18. The number of hydrogen-bond donors (Lipinski definition) is 3. The number of carbonyl (C=O) groups is 1. The molecule has 10 nitrogen and oxygen atoms in total. The van der Waals surface area contributed by atoms with Gasteiger partial charge < -0.3 is 20.0 Å². The molecule has 0 bridgehead atoms. The number of nitrogens with one attached hydrogen (secondary N) is 3. The third kappa shape index (κ3) is 5.10. The topological polar surface area (TPSA) is 131 Å². The van der Waals surface area contributed by atoms with Crippen molar-refractivity contribution < 1.29 is 9.21 Å². The highest BCUT2D eigenvalue weighted by atomic mass is 16.3. The molecule has 0 fully saturated rings. The van der Waals surface area contributed by atoms with Crippen LogP contribution in [-0.4, -0.2) is 30.4 Å². The van der Waals surface area contributed by atoms with Crippen molar-refractivity contribution in [2.24, 2.45) is 0 Å². The Morgan fingerprint density at radius 1 is 0.953 bits per heavy atom. The van der Waals surface area contributed by atoms with Crippen molar-refractivity contribution in [3.63, 3.8) is 0 Å². The zero-order chi connectivity index (χ0) is 29.3. The van der Waals surface area contributed by atoms with E-state index in [9.17, 15) is 9.59 Å². The number of benzene rings is 2. The second-order valence-electron chi connectivity index (χ2n) is 10.4. The number of aromatic amines is 1. The maximum Gasteiger partial charge on any atom is 0.277 e. The number of anilines is 1. The van der Waals surface area contributed by atoms with Gasteiger partial charge in [0.25, 0.3) is 5.56 Å². The molecule has 1 amide bonds. The SMILES string of the molecule is C[C@H](Nc1cnc(-c2ccccn2)n(CC(=O)NCc2cc3cnccc3[nH]2)c1=O)c1ccc2oc3ccccc3c2c1. The van der Waals surface area contributed by atoms with E-state index in [1.165, 1.54) is 10.8 Å². The summed E-state index contributed by atoms with van der Waals surface area (Å²) in [5, 5.41) is 9.20. The van der Waals surface area contributed by atoms with Gasteiger partial charge in [-0.05, 0) is 55.0 Å². The summed E-state index contributed by atoms with van der Waals surface area (Å²) in [5.74, 6) is -0.0257. The molecule has 7 aromatic rings. The number of aromatic nitrogens is 5. The molecule has 0 saturated carbocycles. The number of fused-ring (bicyclic) bond motifs is 4. The van der Waals surface area contributed by atoms with Crippen molar-refractivity contribution in [1.29, 1.82) is 0 Å². The zero-order valence-corrected chi connectivity index (χ0v) is 23.2. The molecule has 0 aliphatic heterocycles. The molecule has 7 rings (SSSR count). The van der Waals surface area contributed by atoms with E-state index in [0.29, 0.717) is 11.5 Å². The van der Waals surface area contributed by atoms with E-state index in [-0.39, 0.29) is 36.3 Å². The van der Waals surface area contributed by atoms with Gasteiger partial charge in [0.05, 0.1) is 12.7 Å². The van der Waals surface area contributed by atoms with Gasteiger partial charge in [-0.1, -0.05) is 30.3 Å². The van der Waals surface area contributed by atoms with E-state index >= 15 is 0 Å². The molecule has 43 heavy (non-hydrogen) atoms. The Morgan fingerprint density at radius 3 is 2.67 bits per heavy atom. The number of amides is 1. The van der Waals surface area contributed by atoms with E-state index in [2.05, 4.69) is 36.6 Å². The highest BCUT2D eigenvalue weighted by Crippen LogP contribution is 2.31. The number of carbonyl (C=O) groups excluding carboxylic acids is 1. The van der Waals surface area contributed by atoms with Crippen LogP contribution < -0.4 is 16.2 Å². The van der Waals surface area contributed by atoms with Crippen LogP contribution in [0.1, 0.15) is 24.2 Å². The summed E-state index contributed by atoms with van der Waals surface area (Å²) < 4.78 is 7.32. The molecular formula is C33H27N7O3. The summed E-state index contributed by atoms with van der Waals surface area (Å²) in [7, 11) is 0. The number of furan rings is 1. The highest BCUT2D eigenvalue weighted by molar-refractivity contribution is 6.05. The van der Waals surface area contributed by atoms with Crippen LogP contribution in [0.2, 0.25) is 0 Å². The normalized spacial score (nSPS) is 12.1. The van der Waals surface area contributed by atoms with E-state index in [1.54, 1.807) is 30.7 Å². The minimum atomic E-state index is -0.371. The molecule has 0 aliphatic carbocycles. The van der Waals surface area contributed by atoms with Gasteiger partial charge in [0, 0.05) is 52.0 Å². The van der Waals surface area contributed by atoms with E-state index in [1.807, 2.05) is 61.5 Å². The van der Waals surface area contributed by atoms with Crippen LogP contribution >= 0.6 is 0 Å². The monoisotopic (exact) mass is 569 g/mol. The van der Waals surface area contributed by atoms with Gasteiger partial charge in [-0.15, -0.1) is 0 Å². The van der Waals surface area contributed by atoms with Crippen LogP contribution in [0.4, 0.5) is 5.69 Å². The van der Waals surface area contributed by atoms with Gasteiger partial charge in [-0.3, -0.25) is 24.1 Å². The average molecular weight is 570 g/mol. The van der Waals surface area contributed by atoms with Crippen LogP contribution in [0, 0.1) is 0 Å². The lowest BCUT2D eigenvalue weighted by atomic mass is 10.0. The molecule has 1 atom stereocenters. The fourth-order valence-corrected chi connectivity index (χ4v) is 5.29. The van der Waals surface area contributed by atoms with Gasteiger partial charge in [-0.25, -0.2) is 4.98 Å². The Morgan fingerprint density at radius 2 is 1.81 bits per heavy atom. The van der Waals surface area contributed by atoms with Crippen LogP contribution in [0.3, 0.4) is 0 Å². The lowest BCUT2D eigenvalue weighted by molar-refractivity contribution is -0.121. The number of nitrogens with zero attached hydrogens (tertiary/aromatic N) is 4. The van der Waals surface area contributed by atoms with Crippen molar-refractivity contribution in [3.8, 4) is 11.5 Å². The Kier molecular flexibility index (Phi) is 6.63. The Labute approximate surface area is 245 Å². The number of para-hydroxylation sites is 1. The average Bonchev–Trinajstić information content (AvgIpc) is 3.63. The molecule has 10 heteroatoms. The van der Waals surface area contributed by atoms with Gasteiger partial charge in [0.15, 0.2) is 5.82 Å². The molecule has 0 saturated heterocycles. The number of rotatable bonds is 8. The molecule has 0 unspecified atom stereocenters. The number of hydrogen-bond acceptors (Lipinski definition) is 7. The zero-order valence-electron chi connectivity index (χ0n) is 23.2. The minimum Gasteiger partial charge on any atom is -0.456 e. The minimum absolute atomic E-state index is 0.226. The van der Waals surface area contributed by atoms with Gasteiger partial charge in [0.2, 0.25) is 5.91 Å². The van der Waals surface area contributed by atoms with Gasteiger partial charge in [0.1, 0.15) is 29.1 Å². The molecule has 2 aromatic carbocycles. The summed E-state index contributed by atoms with van der Waals surface area (Å²) in [5.41, 5.74) is 4.77. The molecular weight excluding hydrogens is 542 g/mol. The number of H-pyrrole nitrogens is 1. The van der Waals surface area contributed by atoms with Gasteiger partial charge >= 0.3 is 0 Å².